The maximum absolute atomic E-state index is 4.41. The molecule has 0 spiro atoms. The third-order valence-corrected chi connectivity index (χ3v) is 4.27. The smallest absolute Gasteiger partial charge is 0.0684 e. The van der Waals surface area contributed by atoms with E-state index in [4.69, 9.17) is 0 Å². The molecule has 1 atom stereocenters. The molecule has 1 heterocycles. The molecular weight excluding hydrogens is 356 g/mol. The monoisotopic (exact) mass is 376 g/mol. The first-order chi connectivity index (χ1) is 8.67. The lowest BCUT2D eigenvalue weighted by Crippen LogP contribution is -2.22. The minimum atomic E-state index is 0.791. The van der Waals surface area contributed by atoms with Gasteiger partial charge in [0.25, 0.3) is 0 Å². The molecule has 18 heavy (non-hydrogen) atoms. The predicted octanol–water partition coefficient (Wildman–Crippen LogP) is 4.91. The Labute approximate surface area is 127 Å². The lowest BCUT2D eigenvalue weighted by Gasteiger charge is -2.15. The van der Waals surface area contributed by atoms with Crippen LogP contribution in [0.2, 0.25) is 0 Å². The van der Waals surface area contributed by atoms with E-state index < -0.39 is 0 Å². The van der Waals surface area contributed by atoms with Crippen molar-refractivity contribution < 1.29 is 0 Å². The van der Waals surface area contributed by atoms with Crippen LogP contribution in [0, 0.1) is 5.92 Å². The summed E-state index contributed by atoms with van der Waals surface area (Å²) < 4.78 is 2.07. The molecular formula is C14H22Br2N2. The van der Waals surface area contributed by atoms with Crippen molar-refractivity contribution in [2.75, 3.05) is 6.54 Å². The van der Waals surface area contributed by atoms with E-state index in [1.54, 1.807) is 0 Å². The summed E-state index contributed by atoms with van der Waals surface area (Å²) in [6.07, 6.45) is 7.05. The van der Waals surface area contributed by atoms with Crippen LogP contribution in [0.3, 0.4) is 0 Å². The Hall–Kier alpha value is 0.0700. The zero-order chi connectivity index (χ0) is 13.4. The molecule has 102 valence electrons. The van der Waals surface area contributed by atoms with Crippen LogP contribution in [0.5, 0.6) is 0 Å². The van der Waals surface area contributed by atoms with E-state index in [1.807, 2.05) is 12.3 Å². The number of hydrogen-bond acceptors (Lipinski definition) is 2. The van der Waals surface area contributed by atoms with Gasteiger partial charge in [-0.25, -0.2) is 0 Å². The van der Waals surface area contributed by atoms with Gasteiger partial charge in [0.15, 0.2) is 0 Å². The van der Waals surface area contributed by atoms with E-state index in [-0.39, 0.29) is 0 Å². The molecule has 1 unspecified atom stereocenters. The first-order valence-electron chi connectivity index (χ1n) is 6.68. The van der Waals surface area contributed by atoms with Gasteiger partial charge in [-0.1, -0.05) is 33.1 Å². The van der Waals surface area contributed by atoms with E-state index >= 15 is 0 Å². The minimum Gasteiger partial charge on any atom is -0.311 e. The van der Waals surface area contributed by atoms with Crippen molar-refractivity contribution in [3.63, 3.8) is 0 Å². The van der Waals surface area contributed by atoms with Crippen molar-refractivity contribution in [2.24, 2.45) is 5.92 Å². The van der Waals surface area contributed by atoms with Crippen molar-refractivity contribution in [1.29, 1.82) is 0 Å². The number of aromatic nitrogens is 1. The second kappa shape index (κ2) is 9.05. The van der Waals surface area contributed by atoms with Crippen molar-refractivity contribution in [3.05, 3.63) is 26.9 Å². The SMILES string of the molecule is CCCCC(CC)CNCc1ncc(Br)cc1Br. The van der Waals surface area contributed by atoms with Crippen molar-refractivity contribution in [3.8, 4) is 0 Å². The molecule has 0 amide bonds. The highest BCUT2D eigenvalue weighted by atomic mass is 79.9. The fourth-order valence-corrected chi connectivity index (χ4v) is 3.04. The lowest BCUT2D eigenvalue weighted by molar-refractivity contribution is 0.418. The van der Waals surface area contributed by atoms with Gasteiger partial charge in [-0.3, -0.25) is 4.98 Å². The fraction of sp³-hybridized carbons (Fsp3) is 0.643. The Bertz CT molecular complexity index is 356. The van der Waals surface area contributed by atoms with Gasteiger partial charge in [-0.2, -0.15) is 0 Å². The van der Waals surface area contributed by atoms with E-state index in [0.717, 1.165) is 33.6 Å². The van der Waals surface area contributed by atoms with Gasteiger partial charge >= 0.3 is 0 Å². The summed E-state index contributed by atoms with van der Waals surface area (Å²) in [5.41, 5.74) is 1.07. The van der Waals surface area contributed by atoms with Crippen LogP contribution in [0.15, 0.2) is 21.2 Å². The minimum absolute atomic E-state index is 0.791. The largest absolute Gasteiger partial charge is 0.311 e. The van der Waals surface area contributed by atoms with Gasteiger partial charge in [0.2, 0.25) is 0 Å². The highest BCUT2D eigenvalue weighted by Gasteiger charge is 2.07. The quantitative estimate of drug-likeness (QED) is 0.695. The van der Waals surface area contributed by atoms with Gasteiger partial charge < -0.3 is 5.32 Å². The van der Waals surface area contributed by atoms with Gasteiger partial charge in [-0.05, 0) is 56.8 Å². The zero-order valence-electron chi connectivity index (χ0n) is 11.2. The van der Waals surface area contributed by atoms with E-state index in [1.165, 1.54) is 25.7 Å². The summed E-state index contributed by atoms with van der Waals surface area (Å²) >= 11 is 6.96. The fourth-order valence-electron chi connectivity index (χ4n) is 1.91. The third-order valence-electron chi connectivity index (χ3n) is 3.15. The molecule has 0 aliphatic carbocycles. The van der Waals surface area contributed by atoms with Crippen LogP contribution < -0.4 is 5.32 Å². The van der Waals surface area contributed by atoms with E-state index in [9.17, 15) is 0 Å². The normalized spacial score (nSPS) is 12.7. The molecule has 0 saturated heterocycles. The summed E-state index contributed by atoms with van der Waals surface area (Å²) in [6.45, 7) is 6.44. The molecule has 0 fully saturated rings. The standard InChI is InChI=1S/C14H22Br2N2/c1-3-5-6-11(4-2)8-17-10-14-13(16)7-12(15)9-18-14/h7,9,11,17H,3-6,8,10H2,1-2H3. The maximum atomic E-state index is 4.41. The molecule has 0 aliphatic rings. The van der Waals surface area contributed by atoms with Crippen LogP contribution >= 0.6 is 31.9 Å². The molecule has 1 aromatic rings. The second-order valence-electron chi connectivity index (χ2n) is 4.63. The van der Waals surface area contributed by atoms with Crippen LogP contribution in [-0.2, 0) is 6.54 Å². The van der Waals surface area contributed by atoms with Crippen molar-refractivity contribution in [2.45, 2.75) is 46.1 Å². The van der Waals surface area contributed by atoms with Crippen LogP contribution in [0.25, 0.3) is 0 Å². The summed E-state index contributed by atoms with van der Waals surface area (Å²) in [4.78, 5) is 4.41. The highest BCUT2D eigenvalue weighted by molar-refractivity contribution is 9.11. The number of hydrogen-bond donors (Lipinski definition) is 1. The molecule has 2 nitrogen and oxygen atoms in total. The average Bonchev–Trinajstić information content (AvgIpc) is 2.36. The second-order valence-corrected chi connectivity index (χ2v) is 6.40. The molecule has 1 rings (SSSR count). The first kappa shape index (κ1) is 16.1. The van der Waals surface area contributed by atoms with Gasteiger partial charge in [0.05, 0.1) is 5.69 Å². The summed E-state index contributed by atoms with van der Waals surface area (Å²) in [5.74, 6) is 0.791. The molecule has 0 aromatic carbocycles. The van der Waals surface area contributed by atoms with Gasteiger partial charge in [0, 0.05) is 21.7 Å². The lowest BCUT2D eigenvalue weighted by atomic mass is 9.99. The van der Waals surface area contributed by atoms with E-state index in [0.29, 0.717) is 0 Å². The maximum Gasteiger partial charge on any atom is 0.0684 e. The highest BCUT2D eigenvalue weighted by Crippen LogP contribution is 2.19. The number of nitrogens with one attached hydrogen (secondary N) is 1. The molecule has 1 aromatic heterocycles. The molecule has 4 heteroatoms. The Morgan fingerprint density at radius 2 is 2.11 bits per heavy atom. The summed E-state index contributed by atoms with van der Waals surface area (Å²) in [7, 11) is 0. The topological polar surface area (TPSA) is 24.9 Å². The molecule has 0 aliphatic heterocycles. The Morgan fingerprint density at radius 3 is 2.72 bits per heavy atom. The molecule has 1 N–H and O–H groups in total. The number of nitrogens with zero attached hydrogens (tertiary/aromatic N) is 1. The van der Waals surface area contributed by atoms with Gasteiger partial charge in [-0.15, -0.1) is 0 Å². The number of halogens is 2. The summed E-state index contributed by atoms with van der Waals surface area (Å²) in [6, 6.07) is 2.04. The van der Waals surface area contributed by atoms with Crippen molar-refractivity contribution in [1.82, 2.24) is 10.3 Å². The Balaban J connectivity index is 2.35. The number of unbranched alkanes of at least 4 members (excludes halogenated alkanes) is 1. The van der Waals surface area contributed by atoms with Gasteiger partial charge in [0.1, 0.15) is 0 Å². The van der Waals surface area contributed by atoms with Crippen LogP contribution in [-0.4, -0.2) is 11.5 Å². The predicted molar refractivity (Wildman–Crippen MR) is 84.6 cm³/mol. The molecule has 0 radical (unpaired) electrons. The Kier molecular flexibility index (Phi) is 8.11. The van der Waals surface area contributed by atoms with Crippen LogP contribution in [0.1, 0.15) is 45.2 Å². The third kappa shape index (κ3) is 5.81. The first-order valence-corrected chi connectivity index (χ1v) is 8.26. The van der Waals surface area contributed by atoms with Crippen LogP contribution in [0.4, 0.5) is 0 Å². The number of pyridine rings is 1. The zero-order valence-corrected chi connectivity index (χ0v) is 14.3. The average molecular weight is 378 g/mol. The number of rotatable bonds is 8. The summed E-state index contributed by atoms with van der Waals surface area (Å²) in [5, 5.41) is 3.51. The van der Waals surface area contributed by atoms with E-state index in [2.05, 4.69) is 56.0 Å². The Morgan fingerprint density at radius 1 is 1.33 bits per heavy atom. The molecule has 0 bridgehead atoms. The molecule has 0 saturated carbocycles. The van der Waals surface area contributed by atoms with Crippen molar-refractivity contribution >= 4 is 31.9 Å².